The van der Waals surface area contributed by atoms with Gasteiger partial charge in [-0.25, -0.2) is 0 Å². The van der Waals surface area contributed by atoms with Crippen molar-refractivity contribution in [2.45, 2.75) is 32.0 Å². The van der Waals surface area contributed by atoms with E-state index in [9.17, 15) is 5.11 Å². The Bertz CT molecular complexity index is 370. The Morgan fingerprint density at radius 3 is 3.00 bits per heavy atom. The van der Waals surface area contributed by atoms with Crippen molar-refractivity contribution in [2.24, 2.45) is 0 Å². The average molecular weight is 286 g/mol. The van der Waals surface area contributed by atoms with Crippen LogP contribution in [0.4, 0.5) is 0 Å². The molecule has 1 fully saturated rings. The second-order valence-corrected chi connectivity index (χ2v) is 4.99. The molecule has 3 nitrogen and oxygen atoms in total. The maximum absolute atomic E-state index is 9.38. The molecule has 0 aromatic heterocycles. The topological polar surface area (TPSA) is 41.5 Å². The molecule has 1 aromatic carbocycles. The molecule has 2 rings (SSSR count). The lowest BCUT2D eigenvalue weighted by atomic mass is 10.1. The maximum atomic E-state index is 9.38. The summed E-state index contributed by atoms with van der Waals surface area (Å²) in [6.45, 7) is 3.74. The van der Waals surface area contributed by atoms with Crippen LogP contribution in [0.1, 0.15) is 18.9 Å². The lowest BCUT2D eigenvalue weighted by Crippen LogP contribution is -2.34. The highest BCUT2D eigenvalue weighted by atomic mass is 79.9. The van der Waals surface area contributed by atoms with E-state index in [4.69, 9.17) is 4.74 Å². The fraction of sp³-hybridized carbons (Fsp3) is 0.500. The van der Waals surface area contributed by atoms with Gasteiger partial charge in [0, 0.05) is 19.2 Å². The molecule has 0 saturated carbocycles. The first-order valence-corrected chi connectivity index (χ1v) is 6.28. The van der Waals surface area contributed by atoms with Crippen molar-refractivity contribution in [2.75, 3.05) is 6.61 Å². The van der Waals surface area contributed by atoms with Gasteiger partial charge in [0.2, 0.25) is 0 Å². The first kappa shape index (κ1) is 11.9. The van der Waals surface area contributed by atoms with Gasteiger partial charge in [-0.2, -0.15) is 0 Å². The standard InChI is InChI=1S/C12H16BrNO2/c1-8-11(4-5-16-8)14-7-9-2-3-12(15)10(13)6-9/h2-3,6,8,11,14-15H,4-5,7H2,1H3. The van der Waals surface area contributed by atoms with E-state index in [0.717, 1.165) is 29.6 Å². The third-order valence-electron chi connectivity index (χ3n) is 2.96. The molecule has 1 aromatic rings. The van der Waals surface area contributed by atoms with Crippen LogP contribution in [0.15, 0.2) is 22.7 Å². The summed E-state index contributed by atoms with van der Waals surface area (Å²) in [5, 5.41) is 12.8. The zero-order chi connectivity index (χ0) is 11.5. The van der Waals surface area contributed by atoms with Crippen molar-refractivity contribution in [1.82, 2.24) is 5.32 Å². The molecule has 1 heterocycles. The van der Waals surface area contributed by atoms with E-state index in [-0.39, 0.29) is 5.75 Å². The lowest BCUT2D eigenvalue weighted by Gasteiger charge is -2.16. The van der Waals surface area contributed by atoms with E-state index in [0.29, 0.717) is 12.1 Å². The number of halogens is 1. The van der Waals surface area contributed by atoms with Crippen LogP contribution in [0, 0.1) is 0 Å². The van der Waals surface area contributed by atoms with Crippen LogP contribution in [0.5, 0.6) is 5.75 Å². The first-order valence-electron chi connectivity index (χ1n) is 5.49. The van der Waals surface area contributed by atoms with Crippen LogP contribution in [0.2, 0.25) is 0 Å². The summed E-state index contributed by atoms with van der Waals surface area (Å²) in [4.78, 5) is 0. The van der Waals surface area contributed by atoms with E-state index in [1.807, 2.05) is 12.1 Å². The van der Waals surface area contributed by atoms with Crippen molar-refractivity contribution in [3.63, 3.8) is 0 Å². The van der Waals surface area contributed by atoms with E-state index < -0.39 is 0 Å². The third kappa shape index (κ3) is 2.75. The number of rotatable bonds is 3. The summed E-state index contributed by atoms with van der Waals surface area (Å²) in [6, 6.07) is 6.00. The molecule has 2 unspecified atom stereocenters. The minimum absolute atomic E-state index is 0.279. The lowest BCUT2D eigenvalue weighted by molar-refractivity contribution is 0.113. The fourth-order valence-electron chi connectivity index (χ4n) is 1.91. The highest BCUT2D eigenvalue weighted by Gasteiger charge is 2.23. The number of aromatic hydroxyl groups is 1. The van der Waals surface area contributed by atoms with E-state index in [2.05, 4.69) is 28.2 Å². The first-order chi connectivity index (χ1) is 7.66. The van der Waals surface area contributed by atoms with Crippen molar-refractivity contribution in [3.8, 4) is 5.75 Å². The molecule has 0 amide bonds. The normalized spacial score (nSPS) is 24.9. The second-order valence-electron chi connectivity index (χ2n) is 4.14. The number of hydrogen-bond donors (Lipinski definition) is 2. The minimum Gasteiger partial charge on any atom is -0.507 e. The molecular weight excluding hydrogens is 270 g/mol. The molecule has 1 aliphatic heterocycles. The van der Waals surface area contributed by atoms with E-state index in [1.54, 1.807) is 6.07 Å². The largest absolute Gasteiger partial charge is 0.507 e. The molecule has 2 N–H and O–H groups in total. The highest BCUT2D eigenvalue weighted by molar-refractivity contribution is 9.10. The Kier molecular flexibility index (Phi) is 3.84. The number of phenolic OH excluding ortho intramolecular Hbond substituents is 1. The van der Waals surface area contributed by atoms with E-state index in [1.165, 1.54) is 0 Å². The third-order valence-corrected chi connectivity index (χ3v) is 3.59. The van der Waals surface area contributed by atoms with Crippen molar-refractivity contribution in [1.29, 1.82) is 0 Å². The van der Waals surface area contributed by atoms with Crippen LogP contribution >= 0.6 is 15.9 Å². The van der Waals surface area contributed by atoms with Gasteiger partial charge in [0.25, 0.3) is 0 Å². The number of phenols is 1. The Balaban J connectivity index is 1.91. The number of hydrogen-bond acceptors (Lipinski definition) is 3. The van der Waals surface area contributed by atoms with Gasteiger partial charge in [-0.3, -0.25) is 0 Å². The van der Waals surface area contributed by atoms with Gasteiger partial charge in [0.15, 0.2) is 0 Å². The summed E-state index contributed by atoms with van der Waals surface area (Å²) in [5.74, 6) is 0.279. The van der Waals surface area contributed by atoms with Crippen molar-refractivity contribution in [3.05, 3.63) is 28.2 Å². The Labute approximate surface area is 104 Å². The van der Waals surface area contributed by atoms with Gasteiger partial charge in [-0.05, 0) is 47.0 Å². The number of nitrogens with one attached hydrogen (secondary N) is 1. The molecule has 1 saturated heterocycles. The van der Waals surface area contributed by atoms with Gasteiger partial charge in [-0.15, -0.1) is 0 Å². The Morgan fingerprint density at radius 1 is 1.56 bits per heavy atom. The monoisotopic (exact) mass is 285 g/mol. The summed E-state index contributed by atoms with van der Waals surface area (Å²) < 4.78 is 6.22. The molecule has 0 aliphatic carbocycles. The van der Waals surface area contributed by atoms with Crippen LogP contribution in [0.25, 0.3) is 0 Å². The zero-order valence-electron chi connectivity index (χ0n) is 9.24. The van der Waals surface area contributed by atoms with Crippen LogP contribution in [-0.4, -0.2) is 23.9 Å². The molecule has 0 spiro atoms. The van der Waals surface area contributed by atoms with Crippen molar-refractivity contribution < 1.29 is 9.84 Å². The summed E-state index contributed by atoms with van der Waals surface area (Å²) >= 11 is 3.31. The van der Waals surface area contributed by atoms with Gasteiger partial charge in [0.05, 0.1) is 10.6 Å². The molecule has 2 atom stereocenters. The average Bonchev–Trinajstić information content (AvgIpc) is 2.66. The highest BCUT2D eigenvalue weighted by Crippen LogP contribution is 2.24. The second kappa shape index (κ2) is 5.17. The molecular formula is C12H16BrNO2. The Hall–Kier alpha value is -0.580. The van der Waals surface area contributed by atoms with Crippen LogP contribution in [0.3, 0.4) is 0 Å². The SMILES string of the molecule is CC1OCCC1NCc1ccc(O)c(Br)c1. The molecule has 0 bridgehead atoms. The van der Waals surface area contributed by atoms with Gasteiger partial charge >= 0.3 is 0 Å². The maximum Gasteiger partial charge on any atom is 0.129 e. The summed E-state index contributed by atoms with van der Waals surface area (Å²) in [6.07, 6.45) is 1.36. The molecule has 1 aliphatic rings. The summed E-state index contributed by atoms with van der Waals surface area (Å²) in [7, 11) is 0. The van der Waals surface area contributed by atoms with Crippen molar-refractivity contribution >= 4 is 15.9 Å². The smallest absolute Gasteiger partial charge is 0.129 e. The van der Waals surface area contributed by atoms with Gasteiger partial charge < -0.3 is 15.2 Å². The Morgan fingerprint density at radius 2 is 2.38 bits per heavy atom. The van der Waals surface area contributed by atoms with Crippen LogP contribution in [-0.2, 0) is 11.3 Å². The molecule has 16 heavy (non-hydrogen) atoms. The number of ether oxygens (including phenoxy) is 1. The predicted octanol–water partition coefficient (Wildman–Crippen LogP) is 2.42. The predicted molar refractivity (Wildman–Crippen MR) is 66.5 cm³/mol. The number of benzene rings is 1. The zero-order valence-corrected chi connectivity index (χ0v) is 10.8. The molecule has 4 heteroatoms. The van der Waals surface area contributed by atoms with Gasteiger partial charge in [-0.1, -0.05) is 6.07 Å². The van der Waals surface area contributed by atoms with Crippen LogP contribution < -0.4 is 5.32 Å². The quantitative estimate of drug-likeness (QED) is 0.896. The molecule has 0 radical (unpaired) electrons. The summed E-state index contributed by atoms with van der Waals surface area (Å²) in [5.41, 5.74) is 1.16. The fourth-order valence-corrected chi connectivity index (χ4v) is 2.34. The minimum atomic E-state index is 0.279. The molecule has 88 valence electrons. The van der Waals surface area contributed by atoms with E-state index >= 15 is 0 Å². The van der Waals surface area contributed by atoms with Gasteiger partial charge in [0.1, 0.15) is 5.75 Å².